The number of aromatic nitrogens is 3. The molecular weight excluding hydrogens is 1020 g/mol. The molecule has 0 saturated heterocycles. The van der Waals surface area contributed by atoms with Crippen molar-refractivity contribution < 1.29 is 42.4 Å². The fraction of sp³-hybridized carbons (Fsp3) is 0.410. The van der Waals surface area contributed by atoms with Crippen molar-refractivity contribution in [2.75, 3.05) is 56.4 Å². The second-order valence-electron chi connectivity index (χ2n) is 22.0. The molecule has 1 aliphatic carbocycles. The molecular formula is C61H71FN8O8S. The van der Waals surface area contributed by atoms with Crippen LogP contribution in [0.5, 0.6) is 17.2 Å². The molecule has 1 amide bonds. The molecule has 18 heteroatoms. The van der Waals surface area contributed by atoms with Crippen LogP contribution in [0.1, 0.15) is 124 Å². The number of benzene rings is 4. The highest BCUT2D eigenvalue weighted by Crippen LogP contribution is 2.54. The highest BCUT2D eigenvalue weighted by molar-refractivity contribution is 7.98. The fourth-order valence-electron chi connectivity index (χ4n) is 10.4. The van der Waals surface area contributed by atoms with E-state index in [1.165, 1.54) is 22.7 Å². The predicted octanol–water partition coefficient (Wildman–Crippen LogP) is 12.6. The highest BCUT2D eigenvalue weighted by atomic mass is 32.2. The first-order valence-corrected chi connectivity index (χ1v) is 27.4. The van der Waals surface area contributed by atoms with E-state index in [1.807, 2.05) is 56.9 Å². The smallest absolute Gasteiger partial charge is 0.497 e. The Bertz CT molecular complexity index is 3150. The Hall–Kier alpha value is -7.62. The largest absolute Gasteiger partial charge is 0.509 e. The zero-order valence-electron chi connectivity index (χ0n) is 47.5. The Kier molecular flexibility index (Phi) is 17.3. The SMILES string of the molecule is COc1ccc(CN(Cc2ccc(OC)cc2)c2ncccc2[C@@H](C)N(C)c2nc(SC)nc3c2CN(C)C2(CCC(OC(=O)OC(C)(C)C)c4c(F)cc(N(Cc5ccc(OC)cc5)C(=O)OC(C)(C)C)c(C#N)c42)C3)cc1. The number of carbonyl (C=O) groups excluding carboxylic acids is 2. The van der Waals surface area contributed by atoms with Gasteiger partial charge < -0.3 is 38.2 Å². The lowest BCUT2D eigenvalue weighted by Crippen LogP contribution is -2.52. The second kappa shape index (κ2) is 23.8. The number of hydrogen-bond acceptors (Lipinski definition) is 16. The van der Waals surface area contributed by atoms with E-state index in [4.69, 9.17) is 43.4 Å². The van der Waals surface area contributed by atoms with Gasteiger partial charge >= 0.3 is 12.2 Å². The van der Waals surface area contributed by atoms with E-state index in [0.717, 1.165) is 39.6 Å². The lowest BCUT2D eigenvalue weighted by Gasteiger charge is -2.51. The van der Waals surface area contributed by atoms with Crippen molar-refractivity contribution in [1.29, 1.82) is 5.26 Å². The molecule has 0 saturated carbocycles. The van der Waals surface area contributed by atoms with Crippen molar-refractivity contribution in [2.24, 2.45) is 0 Å². The van der Waals surface area contributed by atoms with Crippen LogP contribution in [-0.4, -0.2) is 85.0 Å². The van der Waals surface area contributed by atoms with Crippen LogP contribution in [0.25, 0.3) is 0 Å². The third kappa shape index (κ3) is 12.8. The lowest BCUT2D eigenvalue weighted by atomic mass is 9.67. The average molecular weight is 1100 g/mol. The van der Waals surface area contributed by atoms with Gasteiger partial charge in [-0.25, -0.2) is 28.9 Å². The second-order valence-corrected chi connectivity index (χ2v) is 22.7. The zero-order chi connectivity index (χ0) is 57.0. The van der Waals surface area contributed by atoms with Gasteiger partial charge in [-0.1, -0.05) is 54.2 Å². The van der Waals surface area contributed by atoms with E-state index in [9.17, 15) is 14.9 Å². The van der Waals surface area contributed by atoms with Gasteiger partial charge in [-0.2, -0.15) is 5.26 Å². The van der Waals surface area contributed by atoms with Gasteiger partial charge in [0, 0.05) is 61.6 Å². The van der Waals surface area contributed by atoms with Crippen LogP contribution in [0.2, 0.25) is 0 Å². The number of likely N-dealkylation sites (N-methyl/N-ethyl adjacent to an activating group) is 1. The predicted molar refractivity (Wildman–Crippen MR) is 303 cm³/mol. The molecule has 3 heterocycles. The van der Waals surface area contributed by atoms with Crippen molar-refractivity contribution in [1.82, 2.24) is 19.9 Å². The van der Waals surface area contributed by atoms with Crippen molar-refractivity contribution in [3.05, 3.63) is 153 Å². The summed E-state index contributed by atoms with van der Waals surface area (Å²) in [6.07, 6.45) is 1.55. The maximum Gasteiger partial charge on any atom is 0.509 e. The van der Waals surface area contributed by atoms with Crippen molar-refractivity contribution in [3.63, 3.8) is 0 Å². The van der Waals surface area contributed by atoms with E-state index in [2.05, 4.69) is 58.0 Å². The number of rotatable bonds is 16. The van der Waals surface area contributed by atoms with E-state index in [-0.39, 0.29) is 48.8 Å². The first-order valence-electron chi connectivity index (χ1n) is 26.2. The number of amides is 1. The first-order chi connectivity index (χ1) is 37.6. The number of carbonyl (C=O) groups is 2. The summed E-state index contributed by atoms with van der Waals surface area (Å²) in [5, 5.41) is 12.1. The molecule has 79 heavy (non-hydrogen) atoms. The highest BCUT2D eigenvalue weighted by Gasteiger charge is 2.51. The third-order valence-electron chi connectivity index (χ3n) is 14.4. The monoisotopic (exact) mass is 1090 g/mol. The van der Waals surface area contributed by atoms with Crippen molar-refractivity contribution in [3.8, 4) is 23.3 Å². The summed E-state index contributed by atoms with van der Waals surface area (Å²) in [4.78, 5) is 51.3. The van der Waals surface area contributed by atoms with E-state index >= 15 is 4.39 Å². The topological polar surface area (TPSA) is 165 Å². The van der Waals surface area contributed by atoms with Gasteiger partial charge in [-0.05, 0) is 140 Å². The van der Waals surface area contributed by atoms with Crippen molar-refractivity contribution >= 4 is 41.3 Å². The van der Waals surface area contributed by atoms with Crippen LogP contribution in [-0.2, 0) is 52.3 Å². The number of anilines is 3. The molecule has 4 aromatic carbocycles. The standard InChI is InChI=1S/C61H71FN8O8S/c1-38(45-15-14-30-64-54(45)69(34-39-16-22-42(73-10)23-17-39)35-40-18-24-43(74-11)25-19-40)68(9)55-47-37-67(8)61(32-49(47)65-56(66-55)79-13)29-28-51(76-58(72)78-60(5,6)7)52-48(62)31-50(46(33-63)53(52)61)70(57(71)77-59(2,3)4)36-41-20-26-44(75-12)27-21-41/h14-27,30-31,38,51H,28-29,32,34-37H2,1-13H3/t38-,51?,61?/m1/s1. The fourth-order valence-corrected chi connectivity index (χ4v) is 10.8. The van der Waals surface area contributed by atoms with E-state index in [0.29, 0.717) is 53.1 Å². The molecule has 0 fully saturated rings. The molecule has 2 aliphatic rings. The maximum atomic E-state index is 17.8. The maximum absolute atomic E-state index is 17.8. The molecule has 8 rings (SSSR count). The summed E-state index contributed by atoms with van der Waals surface area (Å²) in [6, 6.07) is 30.6. The normalized spacial score (nSPS) is 16.4. The first kappa shape index (κ1) is 57.6. The number of fused-ring (bicyclic) bond motifs is 3. The Morgan fingerprint density at radius 2 is 1.39 bits per heavy atom. The Balaban J connectivity index is 1.24. The van der Waals surface area contributed by atoms with E-state index < -0.39 is 40.9 Å². The van der Waals surface area contributed by atoms with Gasteiger partial charge in [0.25, 0.3) is 0 Å². The van der Waals surface area contributed by atoms with Crippen LogP contribution >= 0.6 is 11.8 Å². The number of methoxy groups -OCH3 is 3. The number of thioether (sulfide) groups is 1. The average Bonchev–Trinajstić information content (AvgIpc) is 3.39. The lowest BCUT2D eigenvalue weighted by molar-refractivity contribution is -0.0410. The Morgan fingerprint density at radius 1 is 0.835 bits per heavy atom. The Labute approximate surface area is 467 Å². The van der Waals surface area contributed by atoms with Crippen molar-refractivity contribution in [2.45, 2.75) is 128 Å². The summed E-state index contributed by atoms with van der Waals surface area (Å²) < 4.78 is 51.7. The quantitative estimate of drug-likeness (QED) is 0.0510. The molecule has 1 aliphatic heterocycles. The minimum atomic E-state index is -1.14. The third-order valence-corrected chi connectivity index (χ3v) is 15.0. The van der Waals surface area contributed by atoms with Gasteiger partial charge in [0.2, 0.25) is 0 Å². The van der Waals surface area contributed by atoms with Gasteiger partial charge in [-0.3, -0.25) is 9.80 Å². The number of halogens is 1. The minimum Gasteiger partial charge on any atom is -0.497 e. The molecule has 3 atom stereocenters. The molecule has 16 nitrogen and oxygen atoms in total. The molecule has 2 unspecified atom stereocenters. The number of hydrogen-bond donors (Lipinski definition) is 0. The molecule has 1 spiro atoms. The number of nitrogens with zero attached hydrogens (tertiary/aromatic N) is 8. The molecule has 416 valence electrons. The zero-order valence-corrected chi connectivity index (χ0v) is 48.3. The molecule has 0 N–H and O–H groups in total. The summed E-state index contributed by atoms with van der Waals surface area (Å²) in [6.45, 7) is 13.8. The summed E-state index contributed by atoms with van der Waals surface area (Å²) in [7, 11) is 8.84. The van der Waals surface area contributed by atoms with E-state index in [1.54, 1.807) is 87.1 Å². The molecule has 0 bridgehead atoms. The van der Waals surface area contributed by atoms with Gasteiger partial charge in [0.05, 0.1) is 56.4 Å². The van der Waals surface area contributed by atoms with Crippen LogP contribution in [0, 0.1) is 17.1 Å². The van der Waals surface area contributed by atoms with Gasteiger partial charge in [0.1, 0.15) is 58.1 Å². The number of pyridine rings is 1. The minimum absolute atomic E-state index is 0.00217. The summed E-state index contributed by atoms with van der Waals surface area (Å²) in [5.41, 5.74) is 2.77. The number of ether oxygens (including phenoxy) is 6. The van der Waals surface area contributed by atoms with Crippen LogP contribution < -0.4 is 28.9 Å². The summed E-state index contributed by atoms with van der Waals surface area (Å²) in [5.74, 6) is 2.88. The number of nitriles is 1. The van der Waals surface area contributed by atoms with Crippen LogP contribution in [0.15, 0.2) is 102 Å². The molecule has 0 radical (unpaired) electrons. The van der Waals surface area contributed by atoms with Crippen LogP contribution in [0.3, 0.4) is 0 Å². The Morgan fingerprint density at radius 3 is 1.91 bits per heavy atom. The van der Waals surface area contributed by atoms with Gasteiger partial charge in [0.15, 0.2) is 5.16 Å². The van der Waals surface area contributed by atoms with Gasteiger partial charge in [-0.15, -0.1) is 0 Å². The van der Waals surface area contributed by atoms with Crippen LogP contribution in [0.4, 0.5) is 31.3 Å². The summed E-state index contributed by atoms with van der Waals surface area (Å²) >= 11 is 1.41. The molecule has 2 aromatic heterocycles. The molecule has 6 aromatic rings.